The number of hydrazine groups is 1. The minimum absolute atomic E-state index is 0.101. The van der Waals surface area contributed by atoms with Crippen molar-refractivity contribution in [2.45, 2.75) is 52.1 Å². The van der Waals surface area contributed by atoms with Crippen LogP contribution >= 0.6 is 0 Å². The van der Waals surface area contributed by atoms with Crippen LogP contribution in [0.25, 0.3) is 0 Å². The van der Waals surface area contributed by atoms with Crippen LogP contribution in [0.4, 0.5) is 5.69 Å². The fraction of sp³-hybridized carbons (Fsp3) is 0.533. The number of anilines is 1. The molecule has 19 heavy (non-hydrogen) atoms. The molecule has 1 aliphatic rings. The third kappa shape index (κ3) is 2.89. The van der Waals surface area contributed by atoms with Crippen LogP contribution in [0, 0.1) is 6.92 Å². The molecule has 1 saturated heterocycles. The summed E-state index contributed by atoms with van der Waals surface area (Å²) in [7, 11) is 0. The predicted molar refractivity (Wildman–Crippen MR) is 77.7 cm³/mol. The number of carbonyl (C=O) groups is 1. The van der Waals surface area contributed by atoms with Crippen molar-refractivity contribution in [2.24, 2.45) is 0 Å². The van der Waals surface area contributed by atoms with E-state index in [1.54, 1.807) is 6.07 Å². The average Bonchev–Trinajstić information content (AvgIpc) is 2.34. The van der Waals surface area contributed by atoms with E-state index in [0.717, 1.165) is 18.4 Å². The van der Waals surface area contributed by atoms with E-state index in [0.29, 0.717) is 23.3 Å². The van der Waals surface area contributed by atoms with Crippen LogP contribution in [0.15, 0.2) is 18.2 Å². The molecule has 0 spiro atoms. The molecule has 4 heteroatoms. The molecule has 2 atom stereocenters. The monoisotopic (exact) mass is 261 g/mol. The first-order valence-electron chi connectivity index (χ1n) is 6.95. The summed E-state index contributed by atoms with van der Waals surface area (Å²) in [6.07, 6.45) is 3.46. The Bertz CT molecular complexity index is 442. The Hall–Kier alpha value is -1.55. The van der Waals surface area contributed by atoms with Gasteiger partial charge in [0.15, 0.2) is 0 Å². The van der Waals surface area contributed by atoms with Gasteiger partial charge in [-0.3, -0.25) is 10.2 Å². The van der Waals surface area contributed by atoms with Crippen molar-refractivity contribution in [1.29, 1.82) is 0 Å². The van der Waals surface area contributed by atoms with Gasteiger partial charge in [0.1, 0.15) is 0 Å². The Labute approximate surface area is 114 Å². The standard InChI is InChI=1S/C15H23N3O/c1-10-6-4-9-13(16)14(10)15(19)17-18-11(2)7-5-8-12(18)3/h4,6,9,11-12H,5,7-8,16H2,1-3H3,(H,17,19). The van der Waals surface area contributed by atoms with Crippen LogP contribution in [0.2, 0.25) is 0 Å². The number of nitrogens with two attached hydrogens (primary N) is 1. The van der Waals surface area contributed by atoms with Crippen molar-refractivity contribution >= 4 is 11.6 Å². The topological polar surface area (TPSA) is 58.4 Å². The van der Waals surface area contributed by atoms with Gasteiger partial charge >= 0.3 is 0 Å². The Balaban J connectivity index is 2.16. The highest BCUT2D eigenvalue weighted by Crippen LogP contribution is 2.22. The lowest BCUT2D eigenvalue weighted by atomic mass is 9.99. The number of carbonyl (C=O) groups excluding carboxylic acids is 1. The highest BCUT2D eigenvalue weighted by atomic mass is 16.2. The minimum Gasteiger partial charge on any atom is -0.398 e. The Morgan fingerprint density at radius 2 is 1.95 bits per heavy atom. The molecule has 4 nitrogen and oxygen atoms in total. The average molecular weight is 261 g/mol. The summed E-state index contributed by atoms with van der Waals surface area (Å²) >= 11 is 0. The number of benzene rings is 1. The fourth-order valence-electron chi connectivity index (χ4n) is 2.82. The van der Waals surface area contributed by atoms with E-state index in [1.807, 2.05) is 19.1 Å². The van der Waals surface area contributed by atoms with E-state index in [2.05, 4.69) is 24.3 Å². The molecule has 104 valence electrons. The molecule has 0 bridgehead atoms. The summed E-state index contributed by atoms with van der Waals surface area (Å²) in [5, 5.41) is 2.07. The molecule has 2 rings (SSSR count). The summed E-state index contributed by atoms with van der Waals surface area (Å²) in [5.74, 6) is -0.101. The number of nitrogens with one attached hydrogen (secondary N) is 1. The third-order valence-corrected chi connectivity index (χ3v) is 3.96. The number of hydrogen-bond acceptors (Lipinski definition) is 3. The van der Waals surface area contributed by atoms with Gasteiger partial charge in [0.25, 0.3) is 5.91 Å². The molecule has 0 aliphatic carbocycles. The smallest absolute Gasteiger partial charge is 0.267 e. The predicted octanol–water partition coefficient (Wildman–Crippen LogP) is 2.48. The summed E-state index contributed by atoms with van der Waals surface area (Å²) in [4.78, 5) is 12.4. The number of aryl methyl sites for hydroxylation is 1. The van der Waals surface area contributed by atoms with Crippen molar-refractivity contribution < 1.29 is 4.79 Å². The van der Waals surface area contributed by atoms with Gasteiger partial charge in [-0.05, 0) is 45.2 Å². The fourth-order valence-corrected chi connectivity index (χ4v) is 2.82. The van der Waals surface area contributed by atoms with Gasteiger partial charge in [-0.15, -0.1) is 0 Å². The minimum atomic E-state index is -0.101. The van der Waals surface area contributed by atoms with Gasteiger partial charge in [0.05, 0.1) is 5.56 Å². The normalized spacial score (nSPS) is 24.2. The molecule has 0 aromatic heterocycles. The largest absolute Gasteiger partial charge is 0.398 e. The lowest BCUT2D eigenvalue weighted by molar-refractivity contribution is 0.0370. The molecule has 1 aliphatic heterocycles. The van der Waals surface area contributed by atoms with E-state index in [-0.39, 0.29) is 5.91 Å². The van der Waals surface area contributed by atoms with Crippen LogP contribution in [-0.2, 0) is 0 Å². The second-order valence-electron chi connectivity index (χ2n) is 5.52. The van der Waals surface area contributed by atoms with Gasteiger partial charge in [-0.1, -0.05) is 18.6 Å². The quantitative estimate of drug-likeness (QED) is 0.804. The van der Waals surface area contributed by atoms with E-state index in [4.69, 9.17) is 5.73 Å². The zero-order valence-corrected chi connectivity index (χ0v) is 11.9. The molecule has 1 aromatic carbocycles. The maximum absolute atomic E-state index is 12.4. The highest BCUT2D eigenvalue weighted by Gasteiger charge is 2.27. The Morgan fingerprint density at radius 3 is 2.53 bits per heavy atom. The summed E-state index contributed by atoms with van der Waals surface area (Å²) in [6, 6.07) is 6.29. The van der Waals surface area contributed by atoms with Crippen molar-refractivity contribution in [3.8, 4) is 0 Å². The number of nitrogen functional groups attached to an aromatic ring is 1. The van der Waals surface area contributed by atoms with Crippen LogP contribution in [0.5, 0.6) is 0 Å². The van der Waals surface area contributed by atoms with Crippen molar-refractivity contribution in [3.63, 3.8) is 0 Å². The maximum atomic E-state index is 12.4. The van der Waals surface area contributed by atoms with E-state index >= 15 is 0 Å². The Kier molecular flexibility index (Phi) is 4.10. The van der Waals surface area contributed by atoms with E-state index < -0.39 is 0 Å². The molecule has 1 heterocycles. The molecule has 1 aromatic rings. The summed E-state index contributed by atoms with van der Waals surface area (Å²) in [5.41, 5.74) is 11.0. The van der Waals surface area contributed by atoms with Gasteiger partial charge in [-0.2, -0.15) is 0 Å². The van der Waals surface area contributed by atoms with E-state index in [1.165, 1.54) is 6.42 Å². The summed E-state index contributed by atoms with van der Waals surface area (Å²) < 4.78 is 0. The van der Waals surface area contributed by atoms with Crippen LogP contribution in [-0.4, -0.2) is 23.0 Å². The van der Waals surface area contributed by atoms with Gasteiger partial charge < -0.3 is 5.73 Å². The van der Waals surface area contributed by atoms with Gasteiger partial charge in [0.2, 0.25) is 0 Å². The van der Waals surface area contributed by atoms with Crippen molar-refractivity contribution in [2.75, 3.05) is 5.73 Å². The second kappa shape index (κ2) is 5.61. The first kappa shape index (κ1) is 13.9. The first-order chi connectivity index (χ1) is 9.00. The zero-order chi connectivity index (χ0) is 14.0. The van der Waals surface area contributed by atoms with Crippen LogP contribution in [0.1, 0.15) is 49.0 Å². The van der Waals surface area contributed by atoms with Crippen LogP contribution in [0.3, 0.4) is 0 Å². The Morgan fingerprint density at radius 1 is 1.32 bits per heavy atom. The van der Waals surface area contributed by atoms with E-state index in [9.17, 15) is 4.79 Å². The van der Waals surface area contributed by atoms with Crippen LogP contribution < -0.4 is 11.2 Å². The number of amides is 1. The van der Waals surface area contributed by atoms with Crippen molar-refractivity contribution in [1.82, 2.24) is 10.4 Å². The number of hydrogen-bond donors (Lipinski definition) is 2. The third-order valence-electron chi connectivity index (χ3n) is 3.96. The number of nitrogens with zero attached hydrogens (tertiary/aromatic N) is 1. The number of piperidine rings is 1. The second-order valence-corrected chi connectivity index (χ2v) is 5.52. The lowest BCUT2D eigenvalue weighted by Gasteiger charge is -2.38. The SMILES string of the molecule is Cc1cccc(N)c1C(=O)NN1C(C)CCCC1C. The summed E-state index contributed by atoms with van der Waals surface area (Å²) in [6.45, 7) is 6.21. The molecule has 1 amide bonds. The zero-order valence-electron chi connectivity index (χ0n) is 11.9. The molecular weight excluding hydrogens is 238 g/mol. The number of rotatable bonds is 2. The first-order valence-corrected chi connectivity index (χ1v) is 6.95. The van der Waals surface area contributed by atoms with Gasteiger partial charge in [-0.25, -0.2) is 5.01 Å². The van der Waals surface area contributed by atoms with Gasteiger partial charge in [0, 0.05) is 17.8 Å². The van der Waals surface area contributed by atoms with Crippen molar-refractivity contribution in [3.05, 3.63) is 29.3 Å². The lowest BCUT2D eigenvalue weighted by Crippen LogP contribution is -2.54. The molecule has 3 N–H and O–H groups in total. The molecular formula is C15H23N3O. The highest BCUT2D eigenvalue weighted by molar-refractivity contribution is 6.00. The molecule has 1 fully saturated rings. The molecule has 0 saturated carbocycles. The maximum Gasteiger partial charge on any atom is 0.267 e. The molecule has 0 radical (unpaired) electrons. The molecule has 2 unspecified atom stereocenters.